The van der Waals surface area contributed by atoms with Gasteiger partial charge in [-0.25, -0.2) is 0 Å². The van der Waals surface area contributed by atoms with Crippen LogP contribution in [0, 0.1) is 13.8 Å². The minimum Gasteiger partial charge on any atom is -0.493 e. The van der Waals surface area contributed by atoms with Crippen LogP contribution in [0.25, 0.3) is 0 Å². The second-order valence-corrected chi connectivity index (χ2v) is 4.92. The molecule has 2 aromatic carbocycles. The van der Waals surface area contributed by atoms with Crippen LogP contribution in [0.1, 0.15) is 17.5 Å². The predicted molar refractivity (Wildman–Crippen MR) is 84.5 cm³/mol. The molecule has 3 nitrogen and oxygen atoms in total. The molecular weight excluding hydrogens is 264 g/mol. The first-order valence-electron chi connectivity index (χ1n) is 7.17. The Morgan fingerprint density at radius 2 is 1.38 bits per heavy atom. The maximum Gasteiger partial charge on any atom is 0.161 e. The lowest BCUT2D eigenvalue weighted by molar-refractivity contribution is 0.239. The number of methoxy groups -OCH3 is 1. The zero-order valence-electron chi connectivity index (χ0n) is 12.9. The summed E-state index contributed by atoms with van der Waals surface area (Å²) in [5.41, 5.74) is 2.33. The summed E-state index contributed by atoms with van der Waals surface area (Å²) in [6.07, 6.45) is 0.825. The zero-order chi connectivity index (χ0) is 15.1. The third-order valence-corrected chi connectivity index (χ3v) is 3.27. The van der Waals surface area contributed by atoms with Gasteiger partial charge in [-0.15, -0.1) is 0 Å². The van der Waals surface area contributed by atoms with Crippen molar-refractivity contribution in [3.8, 4) is 17.2 Å². The molecule has 0 aromatic heterocycles. The first-order valence-corrected chi connectivity index (χ1v) is 7.17. The van der Waals surface area contributed by atoms with Crippen LogP contribution < -0.4 is 14.2 Å². The highest BCUT2D eigenvalue weighted by Crippen LogP contribution is 2.26. The quantitative estimate of drug-likeness (QED) is 0.715. The number of hydrogen-bond acceptors (Lipinski definition) is 3. The van der Waals surface area contributed by atoms with Crippen molar-refractivity contribution >= 4 is 0 Å². The molecule has 0 aliphatic heterocycles. The Hall–Kier alpha value is -2.16. The smallest absolute Gasteiger partial charge is 0.161 e. The van der Waals surface area contributed by atoms with Crippen molar-refractivity contribution in [2.24, 2.45) is 0 Å². The Morgan fingerprint density at radius 3 is 2.05 bits per heavy atom. The fourth-order valence-electron chi connectivity index (χ4n) is 2.18. The van der Waals surface area contributed by atoms with Gasteiger partial charge in [0.1, 0.15) is 5.75 Å². The molecule has 0 aliphatic rings. The maximum atomic E-state index is 5.85. The molecule has 0 spiro atoms. The Bertz CT molecular complexity index is 558. The van der Waals surface area contributed by atoms with Crippen molar-refractivity contribution in [2.75, 3.05) is 20.3 Å². The third kappa shape index (κ3) is 4.15. The van der Waals surface area contributed by atoms with Gasteiger partial charge in [0, 0.05) is 6.42 Å². The molecule has 0 fully saturated rings. The van der Waals surface area contributed by atoms with Gasteiger partial charge < -0.3 is 14.2 Å². The van der Waals surface area contributed by atoms with Gasteiger partial charge in [0.15, 0.2) is 11.5 Å². The van der Waals surface area contributed by atoms with Crippen LogP contribution in [-0.4, -0.2) is 20.3 Å². The van der Waals surface area contributed by atoms with Crippen molar-refractivity contribution in [2.45, 2.75) is 20.3 Å². The van der Waals surface area contributed by atoms with Crippen LogP contribution >= 0.6 is 0 Å². The Kier molecular flexibility index (Phi) is 5.50. The summed E-state index contributed by atoms with van der Waals surface area (Å²) in [5, 5.41) is 0. The largest absolute Gasteiger partial charge is 0.493 e. The summed E-state index contributed by atoms with van der Waals surface area (Å²) in [6.45, 7) is 5.37. The van der Waals surface area contributed by atoms with Gasteiger partial charge in [-0.2, -0.15) is 0 Å². The summed E-state index contributed by atoms with van der Waals surface area (Å²) >= 11 is 0. The van der Waals surface area contributed by atoms with Gasteiger partial charge in [-0.3, -0.25) is 0 Å². The lowest BCUT2D eigenvalue weighted by Gasteiger charge is -2.13. The normalized spacial score (nSPS) is 10.2. The van der Waals surface area contributed by atoms with Crippen LogP contribution in [0.5, 0.6) is 17.2 Å². The molecular formula is C18H22O3. The molecule has 0 saturated carbocycles. The van der Waals surface area contributed by atoms with E-state index in [9.17, 15) is 0 Å². The van der Waals surface area contributed by atoms with Gasteiger partial charge in [0.2, 0.25) is 0 Å². The lowest BCUT2D eigenvalue weighted by atomic mass is 10.1. The molecule has 3 heteroatoms. The number of benzene rings is 2. The van der Waals surface area contributed by atoms with E-state index >= 15 is 0 Å². The molecule has 0 heterocycles. The van der Waals surface area contributed by atoms with E-state index in [1.54, 1.807) is 7.11 Å². The Labute approximate surface area is 126 Å². The molecule has 0 aliphatic carbocycles. The molecule has 0 unspecified atom stereocenters. The van der Waals surface area contributed by atoms with Crippen molar-refractivity contribution in [3.63, 3.8) is 0 Å². The highest BCUT2D eigenvalue weighted by molar-refractivity contribution is 5.40. The van der Waals surface area contributed by atoms with Crippen molar-refractivity contribution in [1.29, 1.82) is 0 Å². The summed E-state index contributed by atoms with van der Waals surface area (Å²) in [4.78, 5) is 0. The van der Waals surface area contributed by atoms with E-state index in [1.807, 2.05) is 30.3 Å². The average Bonchev–Trinajstić information content (AvgIpc) is 2.50. The average molecular weight is 286 g/mol. The van der Waals surface area contributed by atoms with Gasteiger partial charge >= 0.3 is 0 Å². The highest BCUT2D eigenvalue weighted by atomic mass is 16.5. The molecule has 2 rings (SSSR count). The summed E-state index contributed by atoms with van der Waals surface area (Å²) < 4.78 is 16.8. The topological polar surface area (TPSA) is 27.7 Å². The molecule has 0 amide bonds. The maximum absolute atomic E-state index is 5.85. The number of ether oxygens (including phenoxy) is 3. The summed E-state index contributed by atoms with van der Waals surface area (Å²) in [7, 11) is 1.65. The molecule has 0 atom stereocenters. The molecule has 2 aromatic rings. The van der Waals surface area contributed by atoms with Gasteiger partial charge in [0.05, 0.1) is 20.3 Å². The third-order valence-electron chi connectivity index (χ3n) is 3.27. The zero-order valence-corrected chi connectivity index (χ0v) is 12.9. The van der Waals surface area contributed by atoms with Crippen molar-refractivity contribution in [1.82, 2.24) is 0 Å². The molecule has 0 bridgehead atoms. The Balaban J connectivity index is 1.78. The van der Waals surface area contributed by atoms with Crippen LogP contribution in [0.4, 0.5) is 0 Å². The van der Waals surface area contributed by atoms with E-state index in [-0.39, 0.29) is 0 Å². The van der Waals surface area contributed by atoms with Crippen molar-refractivity contribution < 1.29 is 14.2 Å². The molecule has 0 N–H and O–H groups in total. The first kappa shape index (κ1) is 15.2. The molecule has 0 saturated heterocycles. The summed E-state index contributed by atoms with van der Waals surface area (Å²) in [6, 6.07) is 13.8. The van der Waals surface area contributed by atoms with Gasteiger partial charge in [-0.1, -0.05) is 30.3 Å². The van der Waals surface area contributed by atoms with E-state index in [1.165, 1.54) is 11.1 Å². The lowest BCUT2D eigenvalue weighted by Crippen LogP contribution is -2.06. The standard InChI is InChI=1S/C18H22O3/c1-14-8-6-9-15(2)18(14)21-13-7-12-20-17-11-5-4-10-16(17)19-3/h4-6,8-11H,7,12-13H2,1-3H3. The molecule has 112 valence electrons. The number of aryl methyl sites for hydroxylation is 2. The van der Waals surface area contributed by atoms with Crippen LogP contribution in [-0.2, 0) is 0 Å². The van der Waals surface area contributed by atoms with E-state index in [4.69, 9.17) is 14.2 Å². The minimum absolute atomic E-state index is 0.602. The van der Waals surface area contributed by atoms with E-state index in [2.05, 4.69) is 26.0 Å². The van der Waals surface area contributed by atoms with Gasteiger partial charge in [0.25, 0.3) is 0 Å². The fraction of sp³-hybridized carbons (Fsp3) is 0.333. The van der Waals surface area contributed by atoms with Crippen LogP contribution in [0.2, 0.25) is 0 Å². The molecule has 21 heavy (non-hydrogen) atoms. The highest BCUT2D eigenvalue weighted by Gasteiger charge is 2.04. The first-order chi connectivity index (χ1) is 10.2. The second-order valence-electron chi connectivity index (χ2n) is 4.92. The van der Waals surface area contributed by atoms with Crippen molar-refractivity contribution in [3.05, 3.63) is 53.6 Å². The van der Waals surface area contributed by atoms with E-state index in [0.29, 0.717) is 13.2 Å². The molecule has 0 radical (unpaired) electrons. The predicted octanol–water partition coefficient (Wildman–Crippen LogP) is 4.16. The van der Waals surface area contributed by atoms with Crippen LogP contribution in [0.15, 0.2) is 42.5 Å². The second kappa shape index (κ2) is 7.58. The van der Waals surface area contributed by atoms with Crippen LogP contribution in [0.3, 0.4) is 0 Å². The SMILES string of the molecule is COc1ccccc1OCCCOc1c(C)cccc1C. The minimum atomic E-state index is 0.602. The van der Waals surface area contributed by atoms with Gasteiger partial charge in [-0.05, 0) is 37.1 Å². The number of rotatable bonds is 7. The number of para-hydroxylation sites is 3. The van der Waals surface area contributed by atoms with E-state index < -0.39 is 0 Å². The summed E-state index contributed by atoms with van der Waals surface area (Å²) in [5.74, 6) is 2.51. The Morgan fingerprint density at radius 1 is 0.762 bits per heavy atom. The monoisotopic (exact) mass is 286 g/mol. The van der Waals surface area contributed by atoms with E-state index in [0.717, 1.165) is 23.7 Å². The number of hydrogen-bond donors (Lipinski definition) is 0. The fourth-order valence-corrected chi connectivity index (χ4v) is 2.18.